The first-order valence-electron chi connectivity index (χ1n) is 9.88. The van der Waals surface area contributed by atoms with Gasteiger partial charge in [-0.15, -0.1) is 22.7 Å². The second kappa shape index (κ2) is 8.93. The second-order valence-corrected chi connectivity index (χ2v) is 9.34. The molecular formula is C23H24N2O2S2. The number of hydrogen-bond acceptors (Lipinski definition) is 4. The first-order chi connectivity index (χ1) is 14.1. The van der Waals surface area contributed by atoms with Gasteiger partial charge in [-0.1, -0.05) is 12.1 Å². The summed E-state index contributed by atoms with van der Waals surface area (Å²) in [6.07, 6.45) is 3.13. The Balaban J connectivity index is 1.39. The van der Waals surface area contributed by atoms with Crippen molar-refractivity contribution >= 4 is 40.2 Å². The number of fused-ring (bicyclic) bond motifs is 1. The molecule has 1 N–H and O–H groups in total. The highest BCUT2D eigenvalue weighted by Crippen LogP contribution is 2.27. The summed E-state index contributed by atoms with van der Waals surface area (Å²) in [6.45, 7) is 3.32. The molecule has 1 aliphatic rings. The SMILES string of the molecule is Cc1c(NC(=O)CCCc2cccs2)cccc1C(=O)N1CCc2sccc2C1. The number of amides is 2. The summed E-state index contributed by atoms with van der Waals surface area (Å²) in [5, 5.41) is 7.15. The van der Waals surface area contributed by atoms with Gasteiger partial charge in [-0.05, 0) is 72.3 Å². The van der Waals surface area contributed by atoms with E-state index in [1.54, 1.807) is 22.7 Å². The minimum absolute atomic E-state index is 0.00450. The molecule has 4 rings (SSSR count). The number of benzene rings is 1. The Morgan fingerprint density at radius 3 is 2.83 bits per heavy atom. The Morgan fingerprint density at radius 2 is 2.00 bits per heavy atom. The first-order valence-corrected chi connectivity index (χ1v) is 11.6. The first kappa shape index (κ1) is 19.9. The molecule has 1 aromatic carbocycles. The van der Waals surface area contributed by atoms with E-state index >= 15 is 0 Å². The van der Waals surface area contributed by atoms with Crippen molar-refractivity contribution in [3.05, 3.63) is 73.6 Å². The monoisotopic (exact) mass is 424 g/mol. The van der Waals surface area contributed by atoms with Crippen LogP contribution in [0.25, 0.3) is 0 Å². The van der Waals surface area contributed by atoms with Gasteiger partial charge in [-0.3, -0.25) is 9.59 Å². The lowest BCUT2D eigenvalue weighted by Gasteiger charge is -2.28. The van der Waals surface area contributed by atoms with Crippen molar-refractivity contribution in [3.63, 3.8) is 0 Å². The maximum Gasteiger partial charge on any atom is 0.254 e. The van der Waals surface area contributed by atoms with Crippen molar-refractivity contribution in [2.45, 2.75) is 39.2 Å². The zero-order chi connectivity index (χ0) is 20.2. The van der Waals surface area contributed by atoms with Crippen LogP contribution in [0.15, 0.2) is 47.2 Å². The summed E-state index contributed by atoms with van der Waals surface area (Å²) in [7, 11) is 0. The molecule has 0 fully saturated rings. The molecule has 3 heterocycles. The Morgan fingerprint density at radius 1 is 1.10 bits per heavy atom. The van der Waals surface area contributed by atoms with Gasteiger partial charge in [0.1, 0.15) is 0 Å². The van der Waals surface area contributed by atoms with E-state index in [4.69, 9.17) is 0 Å². The third-order valence-corrected chi connectivity index (χ3v) is 7.30. The van der Waals surface area contributed by atoms with Crippen LogP contribution >= 0.6 is 22.7 Å². The lowest BCUT2D eigenvalue weighted by Crippen LogP contribution is -2.35. The van der Waals surface area contributed by atoms with E-state index in [1.807, 2.05) is 36.1 Å². The van der Waals surface area contributed by atoms with Crippen molar-refractivity contribution in [2.24, 2.45) is 0 Å². The highest BCUT2D eigenvalue weighted by molar-refractivity contribution is 7.10. The van der Waals surface area contributed by atoms with E-state index in [1.165, 1.54) is 15.3 Å². The van der Waals surface area contributed by atoms with Crippen LogP contribution in [0.2, 0.25) is 0 Å². The third kappa shape index (κ3) is 4.60. The minimum Gasteiger partial charge on any atom is -0.334 e. The Bertz CT molecular complexity index is 1010. The molecule has 0 saturated carbocycles. The zero-order valence-corrected chi connectivity index (χ0v) is 18.1. The summed E-state index contributed by atoms with van der Waals surface area (Å²) in [6, 6.07) is 11.8. The summed E-state index contributed by atoms with van der Waals surface area (Å²) in [5.74, 6) is 0.0308. The molecule has 150 valence electrons. The number of nitrogens with zero attached hydrogens (tertiary/aromatic N) is 1. The number of aryl methyl sites for hydroxylation is 1. The molecule has 0 unspecified atom stereocenters. The molecule has 29 heavy (non-hydrogen) atoms. The van der Waals surface area contributed by atoms with Crippen LogP contribution in [0.5, 0.6) is 0 Å². The molecule has 0 atom stereocenters. The number of anilines is 1. The molecule has 6 heteroatoms. The van der Waals surface area contributed by atoms with E-state index < -0.39 is 0 Å². The lowest BCUT2D eigenvalue weighted by molar-refractivity contribution is -0.116. The van der Waals surface area contributed by atoms with Gasteiger partial charge in [0.15, 0.2) is 0 Å². The van der Waals surface area contributed by atoms with Crippen molar-refractivity contribution in [1.82, 2.24) is 4.90 Å². The van der Waals surface area contributed by atoms with Crippen LogP contribution in [0.1, 0.15) is 44.1 Å². The van der Waals surface area contributed by atoms with Crippen LogP contribution in [0, 0.1) is 6.92 Å². The van der Waals surface area contributed by atoms with Gasteiger partial charge in [0.2, 0.25) is 5.91 Å². The van der Waals surface area contributed by atoms with Crippen LogP contribution in [0.4, 0.5) is 5.69 Å². The van der Waals surface area contributed by atoms with Gasteiger partial charge in [-0.2, -0.15) is 0 Å². The number of nitrogens with one attached hydrogen (secondary N) is 1. The molecule has 0 bridgehead atoms. The molecular weight excluding hydrogens is 400 g/mol. The molecule has 3 aromatic rings. The topological polar surface area (TPSA) is 49.4 Å². The van der Waals surface area contributed by atoms with E-state index in [9.17, 15) is 9.59 Å². The van der Waals surface area contributed by atoms with Gasteiger partial charge in [-0.25, -0.2) is 0 Å². The van der Waals surface area contributed by atoms with Crippen LogP contribution in [-0.4, -0.2) is 23.3 Å². The summed E-state index contributed by atoms with van der Waals surface area (Å²) < 4.78 is 0. The number of thiophene rings is 2. The van der Waals surface area contributed by atoms with Crippen LogP contribution in [-0.2, 0) is 24.2 Å². The second-order valence-electron chi connectivity index (χ2n) is 7.30. The number of hydrogen-bond donors (Lipinski definition) is 1. The molecule has 2 amide bonds. The highest BCUT2D eigenvalue weighted by atomic mass is 32.1. The van der Waals surface area contributed by atoms with Crippen LogP contribution in [0.3, 0.4) is 0 Å². The molecule has 0 aliphatic carbocycles. The van der Waals surface area contributed by atoms with E-state index in [0.717, 1.165) is 37.1 Å². The molecule has 1 aliphatic heterocycles. The summed E-state index contributed by atoms with van der Waals surface area (Å²) in [4.78, 5) is 30.1. The maximum absolute atomic E-state index is 13.1. The maximum atomic E-state index is 13.1. The van der Waals surface area contributed by atoms with Gasteiger partial charge in [0.25, 0.3) is 5.91 Å². The largest absolute Gasteiger partial charge is 0.334 e. The molecule has 4 nitrogen and oxygen atoms in total. The number of rotatable bonds is 6. The quantitative estimate of drug-likeness (QED) is 0.585. The van der Waals surface area contributed by atoms with E-state index in [0.29, 0.717) is 18.5 Å². The Kier molecular flexibility index (Phi) is 6.11. The number of carbonyl (C=O) groups excluding carboxylic acids is 2. The molecule has 2 aromatic heterocycles. The molecule has 0 radical (unpaired) electrons. The van der Waals surface area contributed by atoms with E-state index in [2.05, 4.69) is 28.2 Å². The highest BCUT2D eigenvalue weighted by Gasteiger charge is 2.24. The van der Waals surface area contributed by atoms with Crippen molar-refractivity contribution in [2.75, 3.05) is 11.9 Å². The fraction of sp³-hybridized carbons (Fsp3) is 0.304. The predicted molar refractivity (Wildman–Crippen MR) is 120 cm³/mol. The van der Waals surface area contributed by atoms with Gasteiger partial charge < -0.3 is 10.2 Å². The Hall–Kier alpha value is -2.44. The standard InChI is InChI=1S/C23H24N2O2S2/c1-16-19(23(27)25-12-10-21-17(15-25)11-14-29-21)7-3-8-20(16)24-22(26)9-2-5-18-6-4-13-28-18/h3-4,6-8,11,13-14H,2,5,9-10,12,15H2,1H3,(H,24,26). The average molecular weight is 425 g/mol. The third-order valence-electron chi connectivity index (χ3n) is 5.34. The zero-order valence-electron chi connectivity index (χ0n) is 16.4. The smallest absolute Gasteiger partial charge is 0.254 e. The van der Waals surface area contributed by atoms with Crippen molar-refractivity contribution < 1.29 is 9.59 Å². The number of carbonyl (C=O) groups is 2. The van der Waals surface area contributed by atoms with Gasteiger partial charge in [0.05, 0.1) is 0 Å². The fourth-order valence-corrected chi connectivity index (χ4v) is 5.33. The summed E-state index contributed by atoms with van der Waals surface area (Å²) in [5.41, 5.74) is 3.48. The van der Waals surface area contributed by atoms with Gasteiger partial charge >= 0.3 is 0 Å². The van der Waals surface area contributed by atoms with Crippen LogP contribution < -0.4 is 5.32 Å². The molecule has 0 spiro atoms. The van der Waals surface area contributed by atoms with E-state index in [-0.39, 0.29) is 11.8 Å². The molecule has 0 saturated heterocycles. The lowest BCUT2D eigenvalue weighted by atomic mass is 10.0. The normalized spacial score (nSPS) is 13.2. The summed E-state index contributed by atoms with van der Waals surface area (Å²) >= 11 is 3.49. The Labute approximate surface area is 179 Å². The predicted octanol–water partition coefficient (Wildman–Crippen LogP) is 5.28. The average Bonchev–Trinajstić information content (AvgIpc) is 3.40. The minimum atomic E-state index is -0.00450. The van der Waals surface area contributed by atoms with Gasteiger partial charge in [0, 0.05) is 40.5 Å². The van der Waals surface area contributed by atoms with Crippen molar-refractivity contribution in [1.29, 1.82) is 0 Å². The van der Waals surface area contributed by atoms with Crippen molar-refractivity contribution in [3.8, 4) is 0 Å². The fourth-order valence-electron chi connectivity index (χ4n) is 3.69.